The van der Waals surface area contributed by atoms with Crippen molar-refractivity contribution in [3.05, 3.63) is 39.9 Å². The number of rotatable bonds is 7. The third-order valence-corrected chi connectivity index (χ3v) is 2.86. The van der Waals surface area contributed by atoms with Gasteiger partial charge in [-0.3, -0.25) is 10.1 Å². The quantitative estimate of drug-likeness (QED) is 0.517. The Balaban J connectivity index is 2.37. The first-order valence-electron chi connectivity index (χ1n) is 6.44. The average Bonchev–Trinajstić information content (AvgIpc) is 2.45. The highest BCUT2D eigenvalue weighted by Crippen LogP contribution is 2.11. The molecule has 1 aromatic carbocycles. The largest absolute Gasteiger partial charge is 0.480 e. The summed E-state index contributed by atoms with van der Waals surface area (Å²) in [6.45, 7) is 1.97. The van der Waals surface area contributed by atoms with E-state index in [-0.39, 0.29) is 5.69 Å². The van der Waals surface area contributed by atoms with Crippen molar-refractivity contribution in [2.45, 2.75) is 25.8 Å². The fourth-order valence-electron chi connectivity index (χ4n) is 1.65. The maximum atomic E-state index is 11.5. The average molecular weight is 295 g/mol. The predicted molar refractivity (Wildman–Crippen MR) is 75.0 cm³/mol. The molecule has 0 saturated carbocycles. The van der Waals surface area contributed by atoms with Crippen LogP contribution in [-0.4, -0.2) is 34.6 Å². The number of nitro groups is 1. The number of carboxylic acids is 1. The van der Waals surface area contributed by atoms with Crippen molar-refractivity contribution in [1.29, 1.82) is 0 Å². The molecule has 0 saturated heterocycles. The summed E-state index contributed by atoms with van der Waals surface area (Å²) in [5, 5.41) is 24.2. The second kappa shape index (κ2) is 7.83. The van der Waals surface area contributed by atoms with Crippen molar-refractivity contribution in [3.8, 4) is 0 Å². The monoisotopic (exact) mass is 295 g/mol. The minimum Gasteiger partial charge on any atom is -0.480 e. The number of carbonyl (C=O) groups excluding carboxylic acids is 1. The molecule has 21 heavy (non-hydrogen) atoms. The van der Waals surface area contributed by atoms with Crippen molar-refractivity contribution in [1.82, 2.24) is 10.6 Å². The summed E-state index contributed by atoms with van der Waals surface area (Å²) in [6, 6.07) is 4.56. The number of aliphatic carboxylic acids is 1. The van der Waals surface area contributed by atoms with Gasteiger partial charge in [0.1, 0.15) is 6.04 Å². The van der Waals surface area contributed by atoms with Gasteiger partial charge in [-0.1, -0.05) is 19.1 Å². The van der Waals surface area contributed by atoms with E-state index in [1.807, 2.05) is 0 Å². The van der Waals surface area contributed by atoms with Crippen LogP contribution in [-0.2, 0) is 11.2 Å². The Morgan fingerprint density at radius 2 is 1.95 bits per heavy atom. The molecule has 0 radical (unpaired) electrons. The maximum absolute atomic E-state index is 11.5. The lowest BCUT2D eigenvalue weighted by Gasteiger charge is -2.13. The lowest BCUT2D eigenvalue weighted by atomic mass is 10.1. The van der Waals surface area contributed by atoms with E-state index in [0.29, 0.717) is 19.4 Å². The summed E-state index contributed by atoms with van der Waals surface area (Å²) in [4.78, 5) is 32.2. The lowest BCUT2D eigenvalue weighted by molar-refractivity contribution is -0.384. The van der Waals surface area contributed by atoms with Crippen molar-refractivity contribution in [2.75, 3.05) is 6.54 Å². The van der Waals surface area contributed by atoms with Gasteiger partial charge in [0.05, 0.1) is 4.92 Å². The summed E-state index contributed by atoms with van der Waals surface area (Å²) in [7, 11) is 0. The molecular formula is C13H17N3O5. The number of carboxylic acid groups (broad SMARTS) is 1. The van der Waals surface area contributed by atoms with E-state index in [0.717, 1.165) is 5.56 Å². The Morgan fingerprint density at radius 1 is 1.33 bits per heavy atom. The topological polar surface area (TPSA) is 122 Å². The third kappa shape index (κ3) is 5.47. The highest BCUT2D eigenvalue weighted by atomic mass is 16.6. The fraction of sp³-hybridized carbons (Fsp3) is 0.385. The number of urea groups is 1. The summed E-state index contributed by atoms with van der Waals surface area (Å²) in [6.07, 6.45) is 0.792. The second-order valence-corrected chi connectivity index (χ2v) is 4.37. The van der Waals surface area contributed by atoms with Crippen LogP contribution in [0.25, 0.3) is 0 Å². The van der Waals surface area contributed by atoms with E-state index in [1.54, 1.807) is 19.1 Å². The van der Waals surface area contributed by atoms with Crippen LogP contribution in [0.3, 0.4) is 0 Å². The zero-order valence-electron chi connectivity index (χ0n) is 11.5. The predicted octanol–water partition coefficient (Wildman–Crippen LogP) is 1.30. The zero-order valence-corrected chi connectivity index (χ0v) is 11.5. The Morgan fingerprint density at radius 3 is 2.43 bits per heavy atom. The van der Waals surface area contributed by atoms with Crippen molar-refractivity contribution in [3.63, 3.8) is 0 Å². The van der Waals surface area contributed by atoms with Crippen molar-refractivity contribution in [2.24, 2.45) is 0 Å². The molecule has 0 aliphatic heterocycles. The van der Waals surface area contributed by atoms with Gasteiger partial charge in [-0.25, -0.2) is 9.59 Å². The SMILES string of the molecule is CC[C@H](NC(=O)NCCc1ccc([N+](=O)[O-])cc1)C(=O)O. The Hall–Kier alpha value is -2.64. The molecule has 0 aliphatic rings. The molecule has 0 heterocycles. The molecule has 0 fully saturated rings. The van der Waals surface area contributed by atoms with Crippen molar-refractivity contribution < 1.29 is 19.6 Å². The van der Waals surface area contributed by atoms with Gasteiger partial charge in [-0.2, -0.15) is 0 Å². The fourth-order valence-corrected chi connectivity index (χ4v) is 1.65. The number of non-ortho nitro benzene ring substituents is 1. The molecule has 0 spiro atoms. The van der Waals surface area contributed by atoms with Crippen LogP contribution in [0.1, 0.15) is 18.9 Å². The summed E-state index contributed by atoms with van der Waals surface area (Å²) >= 11 is 0. The molecule has 8 nitrogen and oxygen atoms in total. The van der Waals surface area contributed by atoms with Gasteiger partial charge in [-0.05, 0) is 18.4 Å². The molecule has 0 bridgehead atoms. The first-order chi connectivity index (χ1) is 9.93. The molecule has 0 aromatic heterocycles. The Labute approximate surface area is 121 Å². The number of nitrogens with one attached hydrogen (secondary N) is 2. The number of benzene rings is 1. The van der Waals surface area contributed by atoms with Gasteiger partial charge < -0.3 is 15.7 Å². The minimum atomic E-state index is -1.08. The van der Waals surface area contributed by atoms with Gasteiger partial charge in [0.2, 0.25) is 0 Å². The lowest BCUT2D eigenvalue weighted by Crippen LogP contribution is -2.46. The molecule has 0 unspecified atom stereocenters. The second-order valence-electron chi connectivity index (χ2n) is 4.37. The molecule has 1 rings (SSSR count). The molecule has 0 aliphatic carbocycles. The van der Waals surface area contributed by atoms with E-state index >= 15 is 0 Å². The Kier molecular flexibility index (Phi) is 6.12. The summed E-state index contributed by atoms with van der Waals surface area (Å²) < 4.78 is 0. The van der Waals surface area contributed by atoms with Gasteiger partial charge >= 0.3 is 12.0 Å². The smallest absolute Gasteiger partial charge is 0.326 e. The van der Waals surface area contributed by atoms with Crippen LogP contribution < -0.4 is 10.6 Å². The minimum absolute atomic E-state index is 0.0108. The van der Waals surface area contributed by atoms with E-state index < -0.39 is 23.0 Å². The number of carbonyl (C=O) groups is 2. The van der Waals surface area contributed by atoms with Gasteiger partial charge in [0.25, 0.3) is 5.69 Å². The molecule has 1 atom stereocenters. The van der Waals surface area contributed by atoms with E-state index in [9.17, 15) is 19.7 Å². The van der Waals surface area contributed by atoms with Gasteiger partial charge in [-0.15, -0.1) is 0 Å². The third-order valence-electron chi connectivity index (χ3n) is 2.86. The standard InChI is InChI=1S/C13H17N3O5/c1-2-11(12(17)18)15-13(19)14-8-7-9-3-5-10(6-4-9)16(20)21/h3-6,11H,2,7-8H2,1H3,(H,17,18)(H2,14,15,19)/t11-/m0/s1. The number of nitrogens with zero attached hydrogens (tertiary/aromatic N) is 1. The number of nitro benzene ring substituents is 1. The summed E-state index contributed by atoms with van der Waals surface area (Å²) in [5.74, 6) is -1.08. The Bertz CT molecular complexity index is 515. The molecule has 3 N–H and O–H groups in total. The van der Waals surface area contributed by atoms with Gasteiger partial charge in [0.15, 0.2) is 0 Å². The number of amides is 2. The van der Waals surface area contributed by atoms with Crippen molar-refractivity contribution >= 4 is 17.7 Å². The van der Waals surface area contributed by atoms with Crippen LogP contribution >= 0.6 is 0 Å². The molecule has 8 heteroatoms. The summed E-state index contributed by atoms with van der Waals surface area (Å²) in [5.41, 5.74) is 0.850. The first kappa shape index (κ1) is 16.4. The van der Waals surface area contributed by atoms with Gasteiger partial charge in [0, 0.05) is 18.7 Å². The van der Waals surface area contributed by atoms with Crippen LogP contribution in [0.15, 0.2) is 24.3 Å². The maximum Gasteiger partial charge on any atom is 0.326 e. The highest BCUT2D eigenvalue weighted by Gasteiger charge is 2.16. The normalized spacial score (nSPS) is 11.5. The van der Waals surface area contributed by atoms with E-state index in [4.69, 9.17) is 5.11 Å². The van der Waals surface area contributed by atoms with E-state index in [1.165, 1.54) is 12.1 Å². The van der Waals surface area contributed by atoms with Crippen LogP contribution in [0, 0.1) is 10.1 Å². The van der Waals surface area contributed by atoms with Crippen LogP contribution in [0.2, 0.25) is 0 Å². The molecule has 2 amide bonds. The van der Waals surface area contributed by atoms with Crippen LogP contribution in [0.4, 0.5) is 10.5 Å². The van der Waals surface area contributed by atoms with Crippen LogP contribution in [0.5, 0.6) is 0 Å². The molecule has 114 valence electrons. The number of hydrogen-bond donors (Lipinski definition) is 3. The zero-order chi connectivity index (χ0) is 15.8. The first-order valence-corrected chi connectivity index (χ1v) is 6.44. The molecular weight excluding hydrogens is 278 g/mol. The highest BCUT2D eigenvalue weighted by molar-refractivity contribution is 5.82. The van der Waals surface area contributed by atoms with E-state index in [2.05, 4.69) is 10.6 Å². The number of hydrogen-bond acceptors (Lipinski definition) is 4. The molecule has 1 aromatic rings.